The van der Waals surface area contributed by atoms with E-state index in [9.17, 15) is 4.79 Å². The number of rotatable bonds is 9. The second kappa shape index (κ2) is 11.4. The van der Waals surface area contributed by atoms with Crippen LogP contribution in [0.3, 0.4) is 0 Å². The third kappa shape index (κ3) is 7.25. The fourth-order valence-electron chi connectivity index (χ4n) is 3.02. The zero-order valence-corrected chi connectivity index (χ0v) is 17.3. The molecule has 0 atom stereocenters. The number of nitrogens with one attached hydrogen (secondary N) is 1. The SMILES string of the molecule is C=C/C(=C\C=C(/C)c1ccn[nH]1)OCCC1CCN(C(=O)OCC(C)C)CC1. The van der Waals surface area contributed by atoms with Crippen LogP contribution in [0.2, 0.25) is 0 Å². The lowest BCUT2D eigenvalue weighted by molar-refractivity contribution is 0.0755. The molecule has 1 aromatic rings. The molecule has 0 spiro atoms. The largest absolute Gasteiger partial charge is 0.494 e. The number of amides is 1. The first kappa shape index (κ1) is 21.8. The van der Waals surface area contributed by atoms with Crippen LogP contribution in [0.25, 0.3) is 5.57 Å². The van der Waals surface area contributed by atoms with Crippen molar-refractivity contribution in [3.8, 4) is 0 Å². The number of hydrogen-bond acceptors (Lipinski definition) is 4. The van der Waals surface area contributed by atoms with Crippen molar-refractivity contribution in [2.75, 3.05) is 26.3 Å². The number of carbonyl (C=O) groups is 1. The molecule has 6 nitrogen and oxygen atoms in total. The predicted octanol–water partition coefficient (Wildman–Crippen LogP) is 4.79. The van der Waals surface area contributed by atoms with Crippen molar-refractivity contribution in [1.82, 2.24) is 15.1 Å². The highest BCUT2D eigenvalue weighted by atomic mass is 16.6. The van der Waals surface area contributed by atoms with Crippen molar-refractivity contribution in [2.45, 2.75) is 40.0 Å². The van der Waals surface area contributed by atoms with Crippen molar-refractivity contribution in [1.29, 1.82) is 0 Å². The van der Waals surface area contributed by atoms with Crippen LogP contribution < -0.4 is 0 Å². The van der Waals surface area contributed by atoms with Crippen molar-refractivity contribution < 1.29 is 14.3 Å². The second-order valence-electron chi connectivity index (χ2n) is 7.63. The number of H-pyrrole nitrogens is 1. The molecule has 6 heteroatoms. The summed E-state index contributed by atoms with van der Waals surface area (Å²) in [5.41, 5.74) is 2.07. The average Bonchev–Trinajstić information content (AvgIpc) is 3.24. The van der Waals surface area contributed by atoms with Crippen LogP contribution in [-0.4, -0.2) is 47.5 Å². The van der Waals surface area contributed by atoms with Crippen LogP contribution in [0, 0.1) is 11.8 Å². The maximum atomic E-state index is 12.0. The van der Waals surface area contributed by atoms with Gasteiger partial charge >= 0.3 is 6.09 Å². The van der Waals surface area contributed by atoms with E-state index in [0.29, 0.717) is 25.0 Å². The van der Waals surface area contributed by atoms with E-state index in [-0.39, 0.29) is 6.09 Å². The first-order valence-corrected chi connectivity index (χ1v) is 10.0. The summed E-state index contributed by atoms with van der Waals surface area (Å²) in [6.07, 6.45) is 10.2. The Kier molecular flexibility index (Phi) is 8.85. The lowest BCUT2D eigenvalue weighted by Crippen LogP contribution is -2.39. The maximum Gasteiger partial charge on any atom is 0.409 e. The smallest absolute Gasteiger partial charge is 0.409 e. The third-order valence-electron chi connectivity index (χ3n) is 4.83. The molecule has 0 aliphatic carbocycles. The molecule has 2 heterocycles. The van der Waals surface area contributed by atoms with Gasteiger partial charge in [-0.2, -0.15) is 5.10 Å². The zero-order chi connectivity index (χ0) is 20.4. The summed E-state index contributed by atoms with van der Waals surface area (Å²) in [5, 5.41) is 6.89. The molecule has 1 aliphatic heterocycles. The second-order valence-corrected chi connectivity index (χ2v) is 7.63. The van der Waals surface area contributed by atoms with Crippen molar-refractivity contribution in [2.24, 2.45) is 11.8 Å². The summed E-state index contributed by atoms with van der Waals surface area (Å²) >= 11 is 0. The van der Waals surface area contributed by atoms with Gasteiger partial charge in [-0.15, -0.1) is 0 Å². The van der Waals surface area contributed by atoms with Gasteiger partial charge in [-0.3, -0.25) is 5.10 Å². The molecule has 28 heavy (non-hydrogen) atoms. The molecule has 1 fully saturated rings. The standard InChI is InChI=1S/C22H33N3O3/c1-5-20(7-6-18(4)21-8-12-23-24-21)27-15-11-19-9-13-25(14-10-19)22(26)28-16-17(2)3/h5-8,12,17,19H,1,9-11,13-16H2,2-4H3,(H,23,24)/b18-6+,20-7+. The molecule has 0 bridgehead atoms. The molecule has 2 rings (SSSR count). The Morgan fingerprint density at radius 2 is 2.11 bits per heavy atom. The molecule has 0 unspecified atom stereocenters. The van der Waals surface area contributed by atoms with Crippen molar-refractivity contribution in [3.63, 3.8) is 0 Å². The average molecular weight is 388 g/mol. The molecular weight excluding hydrogens is 354 g/mol. The quantitative estimate of drug-likeness (QED) is 0.488. The number of aromatic amines is 1. The minimum Gasteiger partial charge on any atom is -0.494 e. The summed E-state index contributed by atoms with van der Waals surface area (Å²) in [4.78, 5) is 13.8. The van der Waals surface area contributed by atoms with Gasteiger partial charge in [0.15, 0.2) is 0 Å². The first-order chi connectivity index (χ1) is 13.5. The maximum absolute atomic E-state index is 12.0. The Labute approximate surface area is 168 Å². The minimum absolute atomic E-state index is 0.181. The minimum atomic E-state index is -0.181. The number of piperidine rings is 1. The topological polar surface area (TPSA) is 67.5 Å². The highest BCUT2D eigenvalue weighted by Gasteiger charge is 2.23. The van der Waals surface area contributed by atoms with Crippen molar-refractivity contribution in [3.05, 3.63) is 48.5 Å². The molecule has 0 aromatic carbocycles. The molecule has 1 amide bonds. The molecule has 1 saturated heterocycles. The Hall–Kier alpha value is -2.50. The van der Waals surface area contributed by atoms with E-state index < -0.39 is 0 Å². The Bertz CT molecular complexity index is 669. The van der Waals surface area contributed by atoms with E-state index in [1.165, 1.54) is 0 Å². The van der Waals surface area contributed by atoms with Crippen molar-refractivity contribution >= 4 is 11.7 Å². The zero-order valence-electron chi connectivity index (χ0n) is 17.3. The van der Waals surface area contributed by atoms with E-state index in [1.807, 2.05) is 43.9 Å². The molecule has 1 N–H and O–H groups in total. The predicted molar refractivity (Wildman–Crippen MR) is 112 cm³/mol. The highest BCUT2D eigenvalue weighted by molar-refractivity contribution is 5.67. The van der Waals surface area contributed by atoms with Gasteiger partial charge < -0.3 is 14.4 Å². The number of aromatic nitrogens is 2. The normalized spacial score (nSPS) is 16.4. The summed E-state index contributed by atoms with van der Waals surface area (Å²) in [6.45, 7) is 12.6. The number of nitrogens with zero attached hydrogens (tertiary/aromatic N) is 2. The number of hydrogen-bond donors (Lipinski definition) is 1. The Morgan fingerprint density at radius 1 is 1.36 bits per heavy atom. The monoisotopic (exact) mass is 387 g/mol. The molecule has 0 saturated carbocycles. The van der Waals surface area contributed by atoms with E-state index in [1.54, 1.807) is 12.3 Å². The number of carbonyl (C=O) groups excluding carboxylic acids is 1. The van der Waals surface area contributed by atoms with Gasteiger partial charge in [-0.1, -0.05) is 26.5 Å². The van der Waals surface area contributed by atoms with Crippen LogP contribution >= 0.6 is 0 Å². The summed E-state index contributed by atoms with van der Waals surface area (Å²) < 4.78 is 11.2. The van der Waals surface area contributed by atoms with Gasteiger partial charge in [-0.25, -0.2) is 4.79 Å². The van der Waals surface area contributed by atoms with E-state index >= 15 is 0 Å². The van der Waals surface area contributed by atoms with E-state index in [2.05, 4.69) is 16.8 Å². The van der Waals surface area contributed by atoms with Gasteiger partial charge in [0.1, 0.15) is 5.76 Å². The molecule has 1 aliphatic rings. The van der Waals surface area contributed by atoms with Gasteiger partial charge in [0.05, 0.1) is 18.9 Å². The summed E-state index contributed by atoms with van der Waals surface area (Å²) in [5.74, 6) is 1.69. The Morgan fingerprint density at radius 3 is 2.71 bits per heavy atom. The van der Waals surface area contributed by atoms with E-state index in [0.717, 1.165) is 49.4 Å². The molecule has 1 aromatic heterocycles. The third-order valence-corrected chi connectivity index (χ3v) is 4.83. The number of allylic oxidation sites excluding steroid dienone is 4. The molecule has 0 radical (unpaired) electrons. The first-order valence-electron chi connectivity index (χ1n) is 10.0. The lowest BCUT2D eigenvalue weighted by Gasteiger charge is -2.31. The van der Waals surface area contributed by atoms with Gasteiger partial charge in [0, 0.05) is 19.3 Å². The molecular formula is C22H33N3O3. The molecule has 154 valence electrons. The van der Waals surface area contributed by atoms with Gasteiger partial charge in [-0.05, 0) is 61.8 Å². The fraction of sp³-hybridized carbons (Fsp3) is 0.545. The van der Waals surface area contributed by atoms with Gasteiger partial charge in [0.2, 0.25) is 0 Å². The van der Waals surface area contributed by atoms with Crippen LogP contribution in [0.1, 0.15) is 45.7 Å². The van der Waals surface area contributed by atoms with Crippen LogP contribution in [0.15, 0.2) is 42.8 Å². The van der Waals surface area contributed by atoms with Crippen LogP contribution in [0.5, 0.6) is 0 Å². The highest BCUT2D eigenvalue weighted by Crippen LogP contribution is 2.22. The van der Waals surface area contributed by atoms with Gasteiger partial charge in [0.25, 0.3) is 0 Å². The Balaban J connectivity index is 1.70. The number of likely N-dealkylation sites (tertiary alicyclic amines) is 1. The summed E-state index contributed by atoms with van der Waals surface area (Å²) in [6, 6.07) is 1.93. The van der Waals surface area contributed by atoms with Crippen LogP contribution in [0.4, 0.5) is 4.79 Å². The lowest BCUT2D eigenvalue weighted by atomic mass is 9.94. The van der Waals surface area contributed by atoms with E-state index in [4.69, 9.17) is 9.47 Å². The fourth-order valence-corrected chi connectivity index (χ4v) is 3.02. The summed E-state index contributed by atoms with van der Waals surface area (Å²) in [7, 11) is 0. The van der Waals surface area contributed by atoms with Crippen LogP contribution in [-0.2, 0) is 9.47 Å². The number of ether oxygens (including phenoxy) is 2.